The number of aromatic nitrogens is 1. The molecule has 1 amide bonds. The van der Waals surface area contributed by atoms with E-state index >= 15 is 0 Å². The van der Waals surface area contributed by atoms with Gasteiger partial charge in [0.15, 0.2) is 0 Å². The van der Waals surface area contributed by atoms with Crippen molar-refractivity contribution in [3.63, 3.8) is 0 Å². The summed E-state index contributed by atoms with van der Waals surface area (Å²) < 4.78 is 7.17. The molecule has 0 aliphatic carbocycles. The topological polar surface area (TPSA) is 80.6 Å². The Labute approximate surface area is 202 Å². The highest BCUT2D eigenvalue weighted by molar-refractivity contribution is 6.45. The molecule has 2 aromatic carbocycles. The molecule has 1 unspecified atom stereocenters. The molecular formula is C25H26Cl2N2O4. The summed E-state index contributed by atoms with van der Waals surface area (Å²) in [6, 6.07) is 10.8. The molecule has 0 spiro atoms. The van der Waals surface area contributed by atoms with Crippen molar-refractivity contribution in [2.24, 2.45) is 7.05 Å². The average molecular weight is 489 g/mol. The Morgan fingerprint density at radius 3 is 2.36 bits per heavy atom. The predicted octanol–water partition coefficient (Wildman–Crippen LogP) is 5.42. The number of fused-ring (bicyclic) bond motifs is 1. The number of carbonyl (C=O) groups excluding carboxylic acids is 1. The molecule has 1 saturated heterocycles. The van der Waals surface area contributed by atoms with Gasteiger partial charge in [-0.05, 0) is 55.5 Å². The number of carboxylic acids is 1. The number of carbonyl (C=O) groups is 2. The largest absolute Gasteiger partial charge is 0.481 e. The van der Waals surface area contributed by atoms with Gasteiger partial charge in [0.05, 0.1) is 27.0 Å². The van der Waals surface area contributed by atoms with Crippen LogP contribution in [0.4, 0.5) is 0 Å². The van der Waals surface area contributed by atoms with Gasteiger partial charge in [-0.3, -0.25) is 9.59 Å². The van der Waals surface area contributed by atoms with Crippen LogP contribution in [0.15, 0.2) is 36.4 Å². The van der Waals surface area contributed by atoms with Gasteiger partial charge < -0.3 is 19.7 Å². The van der Waals surface area contributed by atoms with Gasteiger partial charge >= 0.3 is 5.97 Å². The summed E-state index contributed by atoms with van der Waals surface area (Å²) in [5, 5.41) is 14.5. The summed E-state index contributed by atoms with van der Waals surface area (Å²) in [6.07, 6.45) is 0.891. The number of amides is 1. The molecule has 174 valence electrons. The molecule has 1 atom stereocenters. The van der Waals surface area contributed by atoms with E-state index in [1.807, 2.05) is 51.2 Å². The summed E-state index contributed by atoms with van der Waals surface area (Å²) in [5.74, 6) is -1.06. The number of aliphatic carboxylic acids is 1. The van der Waals surface area contributed by atoms with Crippen LogP contribution in [0.2, 0.25) is 10.0 Å². The van der Waals surface area contributed by atoms with Crippen molar-refractivity contribution in [2.45, 2.75) is 38.1 Å². The first-order chi connectivity index (χ1) is 15.7. The van der Waals surface area contributed by atoms with Gasteiger partial charge in [0.1, 0.15) is 5.69 Å². The zero-order valence-corrected chi connectivity index (χ0v) is 20.3. The maximum Gasteiger partial charge on any atom is 0.314 e. The Morgan fingerprint density at radius 1 is 1.12 bits per heavy atom. The average Bonchev–Trinajstić information content (AvgIpc) is 3.14. The smallest absolute Gasteiger partial charge is 0.314 e. The Morgan fingerprint density at radius 2 is 1.76 bits per heavy atom. The minimum absolute atomic E-state index is 0.235. The van der Waals surface area contributed by atoms with E-state index in [9.17, 15) is 14.7 Å². The summed E-state index contributed by atoms with van der Waals surface area (Å²) in [7, 11) is 1.82. The Kier molecular flexibility index (Phi) is 6.45. The van der Waals surface area contributed by atoms with Crippen molar-refractivity contribution in [1.82, 2.24) is 9.88 Å². The molecule has 0 bridgehead atoms. The molecule has 0 saturated carbocycles. The second kappa shape index (κ2) is 9.01. The quantitative estimate of drug-likeness (QED) is 0.502. The fourth-order valence-electron chi connectivity index (χ4n) is 4.54. The van der Waals surface area contributed by atoms with Gasteiger partial charge in [0.25, 0.3) is 5.91 Å². The number of hydrogen-bond donors (Lipinski definition) is 2. The third-order valence-corrected chi connectivity index (χ3v) is 7.68. The summed E-state index contributed by atoms with van der Waals surface area (Å²) in [6.45, 7) is 4.63. The highest BCUT2D eigenvalue weighted by atomic mass is 35.5. The van der Waals surface area contributed by atoms with E-state index in [1.165, 1.54) is 0 Å². The summed E-state index contributed by atoms with van der Waals surface area (Å²) in [4.78, 5) is 25.1. The third-order valence-electron chi connectivity index (χ3n) is 6.71. The van der Waals surface area contributed by atoms with Crippen LogP contribution in [0.1, 0.15) is 53.0 Å². The lowest BCUT2D eigenvalue weighted by atomic mass is 9.74. The SMILES string of the molecule is Cc1cc2c(cc(C(=O)NC(C)c3ccc(C4(C(=O)O)CCOCC4)cc3)n2C)c(Cl)c1Cl. The van der Waals surface area contributed by atoms with Crippen LogP contribution in [0, 0.1) is 6.92 Å². The van der Waals surface area contributed by atoms with Crippen molar-refractivity contribution in [1.29, 1.82) is 0 Å². The molecule has 1 fully saturated rings. The molecule has 33 heavy (non-hydrogen) atoms. The lowest BCUT2D eigenvalue weighted by Crippen LogP contribution is -2.41. The van der Waals surface area contributed by atoms with Gasteiger partial charge in [-0.2, -0.15) is 0 Å². The van der Waals surface area contributed by atoms with Crippen LogP contribution in [-0.4, -0.2) is 34.8 Å². The zero-order valence-electron chi connectivity index (χ0n) is 18.7. The van der Waals surface area contributed by atoms with E-state index in [1.54, 1.807) is 10.6 Å². The first-order valence-corrected chi connectivity index (χ1v) is 11.6. The number of hydrogen-bond acceptors (Lipinski definition) is 3. The number of aryl methyl sites for hydroxylation is 2. The van der Waals surface area contributed by atoms with Crippen LogP contribution in [0.5, 0.6) is 0 Å². The number of ether oxygens (including phenoxy) is 1. The van der Waals surface area contributed by atoms with Crippen LogP contribution in [0.25, 0.3) is 10.9 Å². The predicted molar refractivity (Wildman–Crippen MR) is 129 cm³/mol. The van der Waals surface area contributed by atoms with Crippen molar-refractivity contribution in [3.8, 4) is 0 Å². The molecule has 1 aliphatic rings. The number of rotatable bonds is 5. The van der Waals surface area contributed by atoms with Gasteiger partial charge in [0, 0.05) is 25.6 Å². The van der Waals surface area contributed by atoms with E-state index in [4.69, 9.17) is 27.9 Å². The number of nitrogens with one attached hydrogen (secondary N) is 1. The molecule has 2 heterocycles. The van der Waals surface area contributed by atoms with E-state index in [2.05, 4.69) is 5.32 Å². The molecule has 6 nitrogen and oxygen atoms in total. The summed E-state index contributed by atoms with van der Waals surface area (Å²) in [5.41, 5.74) is 2.87. The Balaban J connectivity index is 1.56. The molecule has 1 aliphatic heterocycles. The molecule has 3 aromatic rings. The number of halogens is 2. The molecular weight excluding hydrogens is 463 g/mol. The van der Waals surface area contributed by atoms with Crippen LogP contribution in [-0.2, 0) is 22.0 Å². The second-order valence-corrected chi connectivity index (χ2v) is 9.42. The first kappa shape index (κ1) is 23.6. The lowest BCUT2D eigenvalue weighted by Gasteiger charge is -2.33. The van der Waals surface area contributed by atoms with Gasteiger partial charge in [-0.25, -0.2) is 0 Å². The molecule has 8 heteroatoms. The van der Waals surface area contributed by atoms with E-state index in [0.717, 1.165) is 27.6 Å². The second-order valence-electron chi connectivity index (χ2n) is 8.66. The van der Waals surface area contributed by atoms with Crippen molar-refractivity contribution >= 4 is 46.0 Å². The number of benzene rings is 2. The minimum Gasteiger partial charge on any atom is -0.481 e. The fourth-order valence-corrected chi connectivity index (χ4v) is 4.99. The number of carboxylic acid groups (broad SMARTS) is 1. The monoisotopic (exact) mass is 488 g/mol. The van der Waals surface area contributed by atoms with E-state index in [0.29, 0.717) is 41.8 Å². The standard InChI is InChI=1S/C25H26Cl2N2O4/c1-14-12-19-18(22(27)21(14)26)13-20(29(19)3)23(30)28-15(2)16-4-6-17(7-5-16)25(24(31)32)8-10-33-11-9-25/h4-7,12-13,15H,8-11H2,1-3H3,(H,28,30)(H,31,32). The fraction of sp³-hybridized carbons (Fsp3) is 0.360. The van der Waals surface area contributed by atoms with Gasteiger partial charge in [-0.15, -0.1) is 0 Å². The van der Waals surface area contributed by atoms with Crippen molar-refractivity contribution in [3.05, 3.63) is 68.8 Å². The number of nitrogens with zero attached hydrogens (tertiary/aromatic N) is 1. The highest BCUT2D eigenvalue weighted by Gasteiger charge is 2.41. The van der Waals surface area contributed by atoms with Crippen LogP contribution < -0.4 is 5.32 Å². The molecule has 4 rings (SSSR count). The third kappa shape index (κ3) is 4.12. The highest BCUT2D eigenvalue weighted by Crippen LogP contribution is 2.37. The zero-order chi connectivity index (χ0) is 23.9. The maximum absolute atomic E-state index is 13.1. The van der Waals surface area contributed by atoms with Gasteiger partial charge in [0.2, 0.25) is 0 Å². The van der Waals surface area contributed by atoms with E-state index < -0.39 is 11.4 Å². The minimum atomic E-state index is -0.926. The summed E-state index contributed by atoms with van der Waals surface area (Å²) >= 11 is 12.7. The Bertz CT molecular complexity index is 1230. The first-order valence-electron chi connectivity index (χ1n) is 10.8. The lowest BCUT2D eigenvalue weighted by molar-refractivity contribution is -0.147. The molecule has 1 aromatic heterocycles. The van der Waals surface area contributed by atoms with Crippen LogP contribution in [0.3, 0.4) is 0 Å². The van der Waals surface area contributed by atoms with Crippen LogP contribution >= 0.6 is 23.2 Å². The van der Waals surface area contributed by atoms with Crippen molar-refractivity contribution < 1.29 is 19.4 Å². The molecule has 2 N–H and O–H groups in total. The van der Waals surface area contributed by atoms with E-state index in [-0.39, 0.29) is 11.9 Å². The molecule has 0 radical (unpaired) electrons. The maximum atomic E-state index is 13.1. The van der Waals surface area contributed by atoms with Gasteiger partial charge in [-0.1, -0.05) is 47.5 Å². The Hall–Kier alpha value is -2.54. The normalized spacial score (nSPS) is 16.5. The van der Waals surface area contributed by atoms with Crippen molar-refractivity contribution in [2.75, 3.05) is 13.2 Å².